The number of nitrogens with zero attached hydrogens (tertiary/aromatic N) is 5. The van der Waals surface area contributed by atoms with Crippen LogP contribution in [0.15, 0.2) is 48.8 Å². The van der Waals surface area contributed by atoms with Gasteiger partial charge in [-0.3, -0.25) is 4.98 Å². The van der Waals surface area contributed by atoms with Crippen LogP contribution in [0.1, 0.15) is 69.2 Å². The third-order valence-electron chi connectivity index (χ3n) is 6.66. The monoisotopic (exact) mass is 409 g/mol. The van der Waals surface area contributed by atoms with Gasteiger partial charge in [-0.05, 0) is 55.7 Å². The van der Waals surface area contributed by atoms with Crippen molar-refractivity contribution in [1.82, 2.24) is 19.6 Å². The number of benzene rings is 1. The molecule has 0 atom stereocenters. The Bertz CT molecular complexity index is 1270. The summed E-state index contributed by atoms with van der Waals surface area (Å²) >= 11 is 0. The molecule has 5 nitrogen and oxygen atoms in total. The summed E-state index contributed by atoms with van der Waals surface area (Å²) in [4.78, 5) is 9.79. The Morgan fingerprint density at radius 2 is 1.90 bits per heavy atom. The van der Waals surface area contributed by atoms with Crippen LogP contribution in [-0.4, -0.2) is 19.6 Å². The molecule has 0 unspecified atom stereocenters. The fourth-order valence-electron chi connectivity index (χ4n) is 4.84. The molecule has 1 aromatic carbocycles. The van der Waals surface area contributed by atoms with Crippen molar-refractivity contribution in [2.75, 3.05) is 0 Å². The van der Waals surface area contributed by atoms with Gasteiger partial charge in [0.1, 0.15) is 0 Å². The van der Waals surface area contributed by atoms with Gasteiger partial charge in [0.05, 0.1) is 17.8 Å². The fraction of sp³-hybridized carbons (Fsp3) is 0.385. The lowest BCUT2D eigenvalue weighted by atomic mass is 9.79. The van der Waals surface area contributed by atoms with E-state index in [-0.39, 0.29) is 0 Å². The first-order chi connectivity index (χ1) is 15.1. The van der Waals surface area contributed by atoms with E-state index in [1.165, 1.54) is 11.4 Å². The second kappa shape index (κ2) is 8.11. The maximum absolute atomic E-state index is 9.02. The molecule has 0 radical (unpaired) electrons. The van der Waals surface area contributed by atoms with E-state index in [0.29, 0.717) is 24.2 Å². The van der Waals surface area contributed by atoms with Gasteiger partial charge in [0, 0.05) is 46.4 Å². The van der Waals surface area contributed by atoms with Crippen LogP contribution in [0.2, 0.25) is 0 Å². The first-order valence-corrected chi connectivity index (χ1v) is 11.2. The Balaban J connectivity index is 1.58. The van der Waals surface area contributed by atoms with Gasteiger partial charge in [-0.1, -0.05) is 32.0 Å². The van der Waals surface area contributed by atoms with Gasteiger partial charge in [0.2, 0.25) is 0 Å². The highest BCUT2D eigenvalue weighted by Gasteiger charge is 2.25. The lowest BCUT2D eigenvalue weighted by molar-refractivity contribution is 0.327. The van der Waals surface area contributed by atoms with E-state index in [0.717, 1.165) is 53.4 Å². The molecular formula is C26H27N5. The molecule has 1 saturated carbocycles. The highest BCUT2D eigenvalue weighted by Crippen LogP contribution is 2.38. The minimum Gasteiger partial charge on any atom is -0.256 e. The topological polar surface area (TPSA) is 66.9 Å². The lowest BCUT2D eigenvalue weighted by Crippen LogP contribution is -2.15. The zero-order valence-electron chi connectivity index (χ0n) is 18.1. The minimum absolute atomic E-state index is 0.349. The third kappa shape index (κ3) is 3.67. The van der Waals surface area contributed by atoms with Crippen molar-refractivity contribution < 1.29 is 0 Å². The number of hydrogen-bond acceptors (Lipinski definition) is 4. The first kappa shape index (κ1) is 19.7. The average Bonchev–Trinajstić information content (AvgIpc) is 3.23. The number of fused-ring (bicyclic) bond motifs is 2. The van der Waals surface area contributed by atoms with Crippen molar-refractivity contribution in [3.05, 3.63) is 60.2 Å². The lowest BCUT2D eigenvalue weighted by Gasteiger charge is -2.27. The molecule has 1 aliphatic rings. The summed E-state index contributed by atoms with van der Waals surface area (Å²) in [6.45, 7) is 4.42. The number of aromatic nitrogens is 4. The van der Waals surface area contributed by atoms with Crippen LogP contribution in [0.25, 0.3) is 27.7 Å². The van der Waals surface area contributed by atoms with Crippen molar-refractivity contribution in [2.24, 2.45) is 5.92 Å². The van der Waals surface area contributed by atoms with Crippen LogP contribution in [0.4, 0.5) is 0 Å². The van der Waals surface area contributed by atoms with E-state index in [1.54, 1.807) is 0 Å². The van der Waals surface area contributed by atoms with Crippen molar-refractivity contribution in [1.29, 1.82) is 5.26 Å². The molecule has 1 aliphatic carbocycles. The molecule has 156 valence electrons. The second-order valence-corrected chi connectivity index (χ2v) is 9.05. The molecule has 5 heteroatoms. The minimum atomic E-state index is 0.349. The number of rotatable bonds is 4. The second-order valence-electron chi connectivity index (χ2n) is 9.05. The Morgan fingerprint density at radius 1 is 1.10 bits per heavy atom. The summed E-state index contributed by atoms with van der Waals surface area (Å²) in [5, 5.41) is 14.9. The van der Waals surface area contributed by atoms with Crippen LogP contribution < -0.4 is 0 Å². The van der Waals surface area contributed by atoms with Gasteiger partial charge in [-0.2, -0.15) is 10.4 Å². The van der Waals surface area contributed by atoms with E-state index >= 15 is 0 Å². The molecule has 0 spiro atoms. The summed E-state index contributed by atoms with van der Waals surface area (Å²) in [5.41, 5.74) is 6.35. The standard InChI is InChI=1S/C26H27N5/c1-17(2)25-14-24(19-9-7-18(8-10-19)11-12-27)30-26-22(16-29-31(25)26)21-13-20-5-3-4-6-23(20)28-15-21/h3-6,13-19H,7-11H2,1-2H3. The Kier molecular flexibility index (Phi) is 5.15. The van der Waals surface area contributed by atoms with Gasteiger partial charge >= 0.3 is 0 Å². The molecule has 0 bridgehead atoms. The normalized spacial score (nSPS) is 19.2. The van der Waals surface area contributed by atoms with E-state index in [4.69, 9.17) is 15.3 Å². The molecule has 0 saturated heterocycles. The summed E-state index contributed by atoms with van der Waals surface area (Å²) in [6, 6.07) is 15.0. The van der Waals surface area contributed by atoms with Crippen LogP contribution in [-0.2, 0) is 0 Å². The summed E-state index contributed by atoms with van der Waals surface area (Å²) < 4.78 is 2.00. The van der Waals surface area contributed by atoms with E-state index in [2.05, 4.69) is 43.1 Å². The van der Waals surface area contributed by atoms with Crippen molar-refractivity contribution in [3.63, 3.8) is 0 Å². The molecule has 0 amide bonds. The Hall–Kier alpha value is -3.26. The van der Waals surface area contributed by atoms with Crippen LogP contribution in [0.3, 0.4) is 0 Å². The maximum atomic E-state index is 9.02. The number of nitriles is 1. The van der Waals surface area contributed by atoms with Crippen LogP contribution in [0, 0.1) is 17.2 Å². The van der Waals surface area contributed by atoms with E-state index in [9.17, 15) is 0 Å². The van der Waals surface area contributed by atoms with Gasteiger partial charge in [0.25, 0.3) is 0 Å². The SMILES string of the molecule is CC(C)c1cc(C2CCC(CC#N)CC2)nc2c(-c3cnc4ccccc4c3)cnn12. The summed E-state index contributed by atoms with van der Waals surface area (Å²) in [7, 11) is 0. The van der Waals surface area contributed by atoms with E-state index < -0.39 is 0 Å². The third-order valence-corrected chi connectivity index (χ3v) is 6.66. The molecule has 5 rings (SSSR count). The van der Waals surface area contributed by atoms with E-state index in [1.807, 2.05) is 35.1 Å². The van der Waals surface area contributed by atoms with Crippen molar-refractivity contribution >= 4 is 16.6 Å². The molecule has 1 fully saturated rings. The molecule has 0 aliphatic heterocycles. The van der Waals surface area contributed by atoms with Crippen LogP contribution in [0.5, 0.6) is 0 Å². The molecule has 31 heavy (non-hydrogen) atoms. The number of para-hydroxylation sites is 1. The molecular weight excluding hydrogens is 382 g/mol. The fourth-order valence-corrected chi connectivity index (χ4v) is 4.84. The van der Waals surface area contributed by atoms with Gasteiger partial charge < -0.3 is 0 Å². The predicted octanol–water partition coefficient (Wildman–Crippen LogP) is 6.26. The largest absolute Gasteiger partial charge is 0.256 e. The Labute approximate surface area is 182 Å². The predicted molar refractivity (Wildman–Crippen MR) is 123 cm³/mol. The molecule has 0 N–H and O–H groups in total. The highest BCUT2D eigenvalue weighted by molar-refractivity contribution is 5.86. The molecule has 4 aromatic rings. The van der Waals surface area contributed by atoms with Crippen molar-refractivity contribution in [2.45, 2.75) is 57.8 Å². The highest BCUT2D eigenvalue weighted by atomic mass is 15.3. The maximum Gasteiger partial charge on any atom is 0.163 e. The molecule has 3 aromatic heterocycles. The first-order valence-electron chi connectivity index (χ1n) is 11.2. The number of hydrogen-bond donors (Lipinski definition) is 0. The summed E-state index contributed by atoms with van der Waals surface area (Å²) in [6.07, 6.45) is 8.97. The van der Waals surface area contributed by atoms with Gasteiger partial charge in [0.15, 0.2) is 5.65 Å². The summed E-state index contributed by atoms with van der Waals surface area (Å²) in [5.74, 6) is 1.35. The zero-order chi connectivity index (χ0) is 21.4. The van der Waals surface area contributed by atoms with Crippen molar-refractivity contribution in [3.8, 4) is 17.2 Å². The zero-order valence-corrected chi connectivity index (χ0v) is 18.1. The van der Waals surface area contributed by atoms with Gasteiger partial charge in [-0.25, -0.2) is 9.50 Å². The van der Waals surface area contributed by atoms with Gasteiger partial charge in [-0.15, -0.1) is 0 Å². The van der Waals surface area contributed by atoms with Crippen LogP contribution >= 0.6 is 0 Å². The Morgan fingerprint density at radius 3 is 2.68 bits per heavy atom. The number of pyridine rings is 1. The molecule has 3 heterocycles. The quantitative estimate of drug-likeness (QED) is 0.399. The average molecular weight is 410 g/mol. The smallest absolute Gasteiger partial charge is 0.163 e.